The summed E-state index contributed by atoms with van der Waals surface area (Å²) in [7, 11) is -3.47. The molecule has 2 aromatic carbocycles. The van der Waals surface area contributed by atoms with E-state index in [2.05, 4.69) is 15.0 Å². The molecule has 1 aliphatic rings. The van der Waals surface area contributed by atoms with Crippen molar-refractivity contribution in [2.75, 3.05) is 5.32 Å². The van der Waals surface area contributed by atoms with E-state index in [4.69, 9.17) is 0 Å². The highest BCUT2D eigenvalue weighted by molar-refractivity contribution is 7.89. The molecule has 0 spiro atoms. The fraction of sp³-hybridized carbons (Fsp3) is 0.182. The van der Waals surface area contributed by atoms with Gasteiger partial charge in [-0.1, -0.05) is 18.2 Å². The molecule has 6 nitrogen and oxygen atoms in total. The molecular weight excluding hydrogens is 386 g/mol. The summed E-state index contributed by atoms with van der Waals surface area (Å²) in [4.78, 5) is 16.9. The van der Waals surface area contributed by atoms with Gasteiger partial charge in [-0.25, -0.2) is 13.1 Å². The van der Waals surface area contributed by atoms with Crippen molar-refractivity contribution in [3.63, 3.8) is 0 Å². The zero-order chi connectivity index (χ0) is 20.4. The lowest BCUT2D eigenvalue weighted by atomic mass is 10.1. The van der Waals surface area contributed by atoms with Crippen molar-refractivity contribution >= 4 is 38.6 Å². The molecule has 2 N–H and O–H groups in total. The number of nitrogens with one attached hydrogen (secondary N) is 2. The minimum absolute atomic E-state index is 0.0660. The number of hydrogen-bond acceptors (Lipinski definition) is 4. The van der Waals surface area contributed by atoms with Crippen LogP contribution in [-0.2, 0) is 14.8 Å². The number of benzene rings is 2. The Morgan fingerprint density at radius 1 is 1.10 bits per heavy atom. The number of aryl methyl sites for hydroxylation is 1. The van der Waals surface area contributed by atoms with E-state index in [1.54, 1.807) is 36.5 Å². The van der Waals surface area contributed by atoms with Crippen LogP contribution in [0.4, 0.5) is 5.69 Å². The van der Waals surface area contributed by atoms with Gasteiger partial charge in [0.15, 0.2) is 0 Å². The first-order chi connectivity index (χ1) is 13.9. The number of rotatable bonds is 6. The van der Waals surface area contributed by atoms with Crippen LogP contribution in [0.3, 0.4) is 0 Å². The van der Waals surface area contributed by atoms with E-state index >= 15 is 0 Å². The Labute approximate surface area is 169 Å². The van der Waals surface area contributed by atoms with E-state index in [0.29, 0.717) is 5.69 Å². The van der Waals surface area contributed by atoms with E-state index in [1.165, 1.54) is 6.08 Å². The molecule has 1 aliphatic carbocycles. The Bertz CT molecular complexity index is 1200. The predicted molar refractivity (Wildman–Crippen MR) is 114 cm³/mol. The maximum atomic E-state index is 12.3. The van der Waals surface area contributed by atoms with Crippen LogP contribution >= 0.6 is 0 Å². The lowest BCUT2D eigenvalue weighted by molar-refractivity contribution is -0.111. The van der Waals surface area contributed by atoms with E-state index in [-0.39, 0.29) is 16.8 Å². The molecule has 1 fully saturated rings. The first-order valence-corrected chi connectivity index (χ1v) is 10.9. The highest BCUT2D eigenvalue weighted by Crippen LogP contribution is 2.25. The Morgan fingerprint density at radius 3 is 2.59 bits per heavy atom. The second-order valence-corrected chi connectivity index (χ2v) is 8.83. The third-order valence-electron chi connectivity index (χ3n) is 4.75. The molecule has 148 valence electrons. The van der Waals surface area contributed by atoms with Gasteiger partial charge >= 0.3 is 0 Å². The number of sulfonamides is 1. The van der Waals surface area contributed by atoms with Crippen molar-refractivity contribution in [1.29, 1.82) is 0 Å². The van der Waals surface area contributed by atoms with Gasteiger partial charge in [0.2, 0.25) is 15.9 Å². The minimum atomic E-state index is -3.47. The molecule has 3 aromatic rings. The molecule has 0 radical (unpaired) electrons. The number of amides is 1. The molecule has 7 heteroatoms. The molecule has 29 heavy (non-hydrogen) atoms. The molecule has 0 aliphatic heterocycles. The Morgan fingerprint density at radius 2 is 1.86 bits per heavy atom. The molecule has 0 unspecified atom stereocenters. The number of pyridine rings is 1. The molecule has 0 bridgehead atoms. The summed E-state index contributed by atoms with van der Waals surface area (Å²) in [6.07, 6.45) is 6.58. The maximum absolute atomic E-state index is 12.3. The molecule has 1 saturated carbocycles. The number of anilines is 1. The minimum Gasteiger partial charge on any atom is -0.322 e. The quantitative estimate of drug-likeness (QED) is 0.611. The van der Waals surface area contributed by atoms with Gasteiger partial charge in [0.05, 0.1) is 16.1 Å². The van der Waals surface area contributed by atoms with Crippen LogP contribution in [0.15, 0.2) is 65.7 Å². The lowest BCUT2D eigenvalue weighted by Crippen LogP contribution is -2.25. The molecule has 1 heterocycles. The van der Waals surface area contributed by atoms with Gasteiger partial charge in [-0.2, -0.15) is 0 Å². The van der Waals surface area contributed by atoms with E-state index in [9.17, 15) is 13.2 Å². The zero-order valence-corrected chi connectivity index (χ0v) is 16.7. The van der Waals surface area contributed by atoms with Crippen molar-refractivity contribution in [2.24, 2.45) is 0 Å². The van der Waals surface area contributed by atoms with Gasteiger partial charge in [0.1, 0.15) is 0 Å². The van der Waals surface area contributed by atoms with Crippen LogP contribution in [-0.4, -0.2) is 25.4 Å². The van der Waals surface area contributed by atoms with Crippen LogP contribution in [0.25, 0.3) is 17.0 Å². The van der Waals surface area contributed by atoms with Crippen LogP contribution in [0.1, 0.15) is 24.0 Å². The topological polar surface area (TPSA) is 88.2 Å². The first-order valence-electron chi connectivity index (χ1n) is 9.38. The summed E-state index contributed by atoms with van der Waals surface area (Å²) >= 11 is 0. The number of hydrogen-bond donors (Lipinski definition) is 2. The Balaban J connectivity index is 1.45. The van der Waals surface area contributed by atoms with Crippen LogP contribution in [0.5, 0.6) is 0 Å². The van der Waals surface area contributed by atoms with E-state index < -0.39 is 10.0 Å². The predicted octanol–water partition coefficient (Wildman–Crippen LogP) is 3.64. The van der Waals surface area contributed by atoms with E-state index in [1.807, 2.05) is 31.2 Å². The second kappa shape index (κ2) is 7.77. The average Bonchev–Trinajstić information content (AvgIpc) is 3.52. The monoisotopic (exact) mass is 407 g/mol. The summed E-state index contributed by atoms with van der Waals surface area (Å²) < 4.78 is 27.0. The van der Waals surface area contributed by atoms with Crippen molar-refractivity contribution < 1.29 is 13.2 Å². The fourth-order valence-electron chi connectivity index (χ4n) is 3.02. The van der Waals surface area contributed by atoms with Crippen molar-refractivity contribution in [2.45, 2.75) is 30.7 Å². The van der Waals surface area contributed by atoms with Gasteiger partial charge in [-0.05, 0) is 67.3 Å². The lowest BCUT2D eigenvalue weighted by Gasteiger charge is -2.08. The fourth-order valence-corrected chi connectivity index (χ4v) is 4.32. The third kappa shape index (κ3) is 4.52. The van der Waals surface area contributed by atoms with E-state index in [0.717, 1.165) is 34.9 Å². The van der Waals surface area contributed by atoms with Gasteiger partial charge in [-0.3, -0.25) is 9.78 Å². The summed E-state index contributed by atoms with van der Waals surface area (Å²) in [5, 5.41) is 3.76. The highest BCUT2D eigenvalue weighted by atomic mass is 32.2. The summed E-state index contributed by atoms with van der Waals surface area (Å²) in [6, 6.07) is 14.0. The van der Waals surface area contributed by atoms with Crippen molar-refractivity contribution in [3.8, 4) is 0 Å². The molecule has 0 atom stereocenters. The zero-order valence-electron chi connectivity index (χ0n) is 15.9. The molecule has 0 saturated heterocycles. The molecule has 1 amide bonds. The average molecular weight is 407 g/mol. The van der Waals surface area contributed by atoms with Gasteiger partial charge in [-0.15, -0.1) is 0 Å². The summed E-state index contributed by atoms with van der Waals surface area (Å²) in [5.74, 6) is -0.272. The van der Waals surface area contributed by atoms with Crippen LogP contribution < -0.4 is 10.0 Å². The number of fused-ring (bicyclic) bond motifs is 1. The van der Waals surface area contributed by atoms with Gasteiger partial charge in [0, 0.05) is 23.7 Å². The van der Waals surface area contributed by atoms with Gasteiger partial charge < -0.3 is 5.32 Å². The van der Waals surface area contributed by atoms with Crippen molar-refractivity contribution in [1.82, 2.24) is 9.71 Å². The van der Waals surface area contributed by atoms with Crippen molar-refractivity contribution in [3.05, 3.63) is 71.9 Å². The van der Waals surface area contributed by atoms with Crippen LogP contribution in [0.2, 0.25) is 0 Å². The second-order valence-electron chi connectivity index (χ2n) is 7.12. The largest absolute Gasteiger partial charge is 0.322 e. The number of aromatic nitrogens is 1. The molecule has 1 aromatic heterocycles. The standard InChI is InChI=1S/C22H21N3O3S/c1-15-4-12-20(19-3-2-14-23-22(15)19)24-21(26)13-7-16-5-10-18(11-6-16)29(27,28)25-17-8-9-17/h2-7,10-14,17,25H,8-9H2,1H3,(H,24,26)/b13-7+. The van der Waals surface area contributed by atoms with Crippen LogP contribution in [0, 0.1) is 6.92 Å². The highest BCUT2D eigenvalue weighted by Gasteiger charge is 2.27. The SMILES string of the molecule is Cc1ccc(NC(=O)/C=C/c2ccc(S(=O)(=O)NC3CC3)cc2)c2cccnc12. The number of nitrogens with zero attached hydrogens (tertiary/aromatic N) is 1. The third-order valence-corrected chi connectivity index (χ3v) is 6.28. The summed E-state index contributed by atoms with van der Waals surface area (Å²) in [6.45, 7) is 1.98. The Hall–Kier alpha value is -3.03. The number of carbonyl (C=O) groups is 1. The summed E-state index contributed by atoms with van der Waals surface area (Å²) in [5.41, 5.74) is 3.33. The number of carbonyl (C=O) groups excluding carboxylic acids is 1. The molecular formula is C22H21N3O3S. The smallest absolute Gasteiger partial charge is 0.248 e. The first kappa shape index (κ1) is 19.3. The molecule has 4 rings (SSSR count). The maximum Gasteiger partial charge on any atom is 0.248 e. The normalized spacial score (nSPS) is 14.4. The van der Waals surface area contributed by atoms with Gasteiger partial charge in [0.25, 0.3) is 0 Å². The Kier molecular flexibility index (Phi) is 5.17.